The van der Waals surface area contributed by atoms with E-state index < -0.39 is 23.6 Å². The van der Waals surface area contributed by atoms with Gasteiger partial charge in [-0.05, 0) is 44.9 Å². The van der Waals surface area contributed by atoms with Gasteiger partial charge in [0, 0.05) is 38.0 Å². The number of alkyl halides is 1. The van der Waals surface area contributed by atoms with Crippen LogP contribution in [-0.2, 0) is 9.47 Å². The number of ether oxygens (including phenoxy) is 2. The van der Waals surface area contributed by atoms with Crippen LogP contribution in [0.15, 0.2) is 18.2 Å². The average molecular weight is 478 g/mol. The number of benzene rings is 1. The maximum absolute atomic E-state index is 14.1. The quantitative estimate of drug-likeness (QED) is 0.471. The lowest BCUT2D eigenvalue weighted by Gasteiger charge is -2.30. The van der Waals surface area contributed by atoms with Crippen LogP contribution in [0.25, 0.3) is 0 Å². The van der Waals surface area contributed by atoms with Gasteiger partial charge in [0.2, 0.25) is 0 Å². The first kappa shape index (κ1) is 25.5. The highest BCUT2D eigenvalue weighted by Gasteiger charge is 2.33. The zero-order chi connectivity index (χ0) is 23.0. The van der Waals surface area contributed by atoms with Crippen molar-refractivity contribution in [3.05, 3.63) is 34.6 Å². The molecule has 2 rings (SSSR count). The second kappa shape index (κ2) is 11.7. The van der Waals surface area contributed by atoms with E-state index in [2.05, 4.69) is 10.6 Å². The van der Waals surface area contributed by atoms with Crippen LogP contribution in [0.4, 0.5) is 14.0 Å². The van der Waals surface area contributed by atoms with E-state index in [9.17, 15) is 14.0 Å². The number of amides is 3. The maximum atomic E-state index is 14.1. The molecule has 2 atom stereocenters. The van der Waals surface area contributed by atoms with Crippen molar-refractivity contribution >= 4 is 35.3 Å². The van der Waals surface area contributed by atoms with E-state index >= 15 is 0 Å². The van der Waals surface area contributed by atoms with Crippen molar-refractivity contribution in [2.45, 2.75) is 38.9 Å². The van der Waals surface area contributed by atoms with Crippen LogP contribution in [0.3, 0.4) is 0 Å². The van der Waals surface area contributed by atoms with Gasteiger partial charge in [-0.15, -0.1) is 11.6 Å². The third-order valence-electron chi connectivity index (χ3n) is 4.59. The summed E-state index contributed by atoms with van der Waals surface area (Å²) in [5, 5.41) is 5.53. The van der Waals surface area contributed by atoms with E-state index in [0.29, 0.717) is 31.0 Å². The lowest BCUT2D eigenvalue weighted by molar-refractivity contribution is 0.0231. The van der Waals surface area contributed by atoms with Crippen LogP contribution in [-0.4, -0.2) is 61.3 Å². The van der Waals surface area contributed by atoms with Crippen molar-refractivity contribution in [3.8, 4) is 0 Å². The number of halogens is 3. The Kier molecular flexibility index (Phi) is 9.65. The zero-order valence-corrected chi connectivity index (χ0v) is 19.6. The highest BCUT2D eigenvalue weighted by Crippen LogP contribution is 2.31. The lowest BCUT2D eigenvalue weighted by atomic mass is 9.95. The summed E-state index contributed by atoms with van der Waals surface area (Å²) in [5.41, 5.74) is -0.0544. The molecule has 0 aliphatic carbocycles. The van der Waals surface area contributed by atoms with E-state index in [1.165, 1.54) is 12.1 Å². The fraction of sp³-hybridized carbons (Fsp3) is 0.619. The molecule has 1 aliphatic heterocycles. The van der Waals surface area contributed by atoms with Gasteiger partial charge >= 0.3 is 12.1 Å². The summed E-state index contributed by atoms with van der Waals surface area (Å²) < 4.78 is 25.6. The monoisotopic (exact) mass is 477 g/mol. The van der Waals surface area contributed by atoms with Crippen LogP contribution in [0.2, 0.25) is 5.02 Å². The van der Waals surface area contributed by atoms with Gasteiger partial charge in [-0.1, -0.05) is 17.7 Å². The van der Waals surface area contributed by atoms with E-state index in [0.717, 1.165) is 0 Å². The van der Waals surface area contributed by atoms with E-state index in [-0.39, 0.29) is 36.7 Å². The summed E-state index contributed by atoms with van der Waals surface area (Å²) in [5.74, 6) is -0.442. The van der Waals surface area contributed by atoms with Gasteiger partial charge in [-0.2, -0.15) is 0 Å². The third-order valence-corrected chi connectivity index (χ3v) is 5.16. The van der Waals surface area contributed by atoms with Gasteiger partial charge in [-0.3, -0.25) is 0 Å². The smallest absolute Gasteiger partial charge is 0.410 e. The van der Waals surface area contributed by atoms with Gasteiger partial charge < -0.3 is 25.0 Å². The number of rotatable bonds is 6. The van der Waals surface area contributed by atoms with E-state index in [1.54, 1.807) is 31.7 Å². The van der Waals surface area contributed by atoms with Crippen molar-refractivity contribution in [2.24, 2.45) is 5.92 Å². The molecule has 0 aromatic heterocycles. The standard InChI is InChI=1S/C21H30Cl2FN3O4/c1-21(2,3)31-20(29)27-9-10-30-18(14-5-6-16(23)17(24)11-14)15(13-27)12-26-19(28)25-8-4-7-22/h5-6,11,15,18H,4,7-10,12-13H2,1-3H3,(H2,25,26,28)/t15-,18+/m1/s1. The zero-order valence-electron chi connectivity index (χ0n) is 18.1. The first-order valence-corrected chi connectivity index (χ1v) is 11.1. The van der Waals surface area contributed by atoms with Gasteiger partial charge in [0.15, 0.2) is 0 Å². The molecular formula is C21H30Cl2FN3O4. The molecule has 1 heterocycles. The molecular weight excluding hydrogens is 448 g/mol. The van der Waals surface area contributed by atoms with Crippen LogP contribution in [0, 0.1) is 11.7 Å². The molecule has 2 N–H and O–H groups in total. The molecule has 7 nitrogen and oxygen atoms in total. The van der Waals surface area contributed by atoms with Crippen molar-refractivity contribution in [3.63, 3.8) is 0 Å². The first-order valence-electron chi connectivity index (χ1n) is 10.2. The Morgan fingerprint density at radius 3 is 2.71 bits per heavy atom. The Morgan fingerprint density at radius 1 is 1.32 bits per heavy atom. The Balaban J connectivity index is 2.17. The molecule has 10 heteroatoms. The Bertz CT molecular complexity index is 761. The van der Waals surface area contributed by atoms with Crippen LogP contribution in [0.1, 0.15) is 38.9 Å². The van der Waals surface area contributed by atoms with Crippen LogP contribution >= 0.6 is 23.2 Å². The molecule has 174 valence electrons. The number of carbonyl (C=O) groups is 2. The number of nitrogens with zero attached hydrogens (tertiary/aromatic N) is 1. The fourth-order valence-electron chi connectivity index (χ4n) is 3.17. The lowest BCUT2D eigenvalue weighted by Crippen LogP contribution is -2.44. The summed E-state index contributed by atoms with van der Waals surface area (Å²) in [6, 6.07) is 4.13. The molecule has 1 aromatic rings. The molecule has 3 amide bonds. The molecule has 0 unspecified atom stereocenters. The second-order valence-corrected chi connectivity index (χ2v) is 9.12. The number of hydrogen-bond donors (Lipinski definition) is 2. The Labute approximate surface area is 192 Å². The number of urea groups is 1. The topological polar surface area (TPSA) is 79.9 Å². The highest BCUT2D eigenvalue weighted by atomic mass is 35.5. The molecule has 0 spiro atoms. The van der Waals surface area contributed by atoms with Gasteiger partial charge in [-0.25, -0.2) is 14.0 Å². The van der Waals surface area contributed by atoms with E-state index in [1.807, 2.05) is 0 Å². The molecule has 0 saturated carbocycles. The SMILES string of the molecule is CC(C)(C)OC(=O)N1CCO[C@@H](c2ccc(Cl)c(F)c2)[C@H](CNC(=O)NCCCCl)C1. The number of carbonyl (C=O) groups excluding carboxylic acids is 2. The van der Waals surface area contributed by atoms with Crippen LogP contribution in [0.5, 0.6) is 0 Å². The fourth-order valence-corrected chi connectivity index (χ4v) is 3.42. The van der Waals surface area contributed by atoms with Crippen molar-refractivity contribution < 1.29 is 23.5 Å². The maximum Gasteiger partial charge on any atom is 0.410 e. The molecule has 1 fully saturated rings. The largest absolute Gasteiger partial charge is 0.444 e. The average Bonchev–Trinajstić information content (AvgIpc) is 2.90. The third kappa shape index (κ3) is 8.35. The van der Waals surface area contributed by atoms with Gasteiger partial charge in [0.25, 0.3) is 0 Å². The molecule has 1 saturated heterocycles. The van der Waals surface area contributed by atoms with Gasteiger partial charge in [0.05, 0.1) is 17.7 Å². The van der Waals surface area contributed by atoms with E-state index in [4.69, 9.17) is 32.7 Å². The summed E-state index contributed by atoms with van der Waals surface area (Å²) in [6.07, 6.45) is -0.349. The highest BCUT2D eigenvalue weighted by molar-refractivity contribution is 6.30. The molecule has 0 radical (unpaired) electrons. The molecule has 31 heavy (non-hydrogen) atoms. The Hall–Kier alpha value is -1.77. The number of nitrogens with one attached hydrogen (secondary N) is 2. The molecule has 1 aliphatic rings. The predicted molar refractivity (Wildman–Crippen MR) is 118 cm³/mol. The summed E-state index contributed by atoms with van der Waals surface area (Å²) in [4.78, 5) is 26.3. The minimum absolute atomic E-state index is 0.0149. The Morgan fingerprint density at radius 2 is 2.06 bits per heavy atom. The van der Waals surface area contributed by atoms with Crippen molar-refractivity contribution in [2.75, 3.05) is 38.7 Å². The molecule has 0 bridgehead atoms. The summed E-state index contributed by atoms with van der Waals surface area (Å²) in [7, 11) is 0. The summed E-state index contributed by atoms with van der Waals surface area (Å²) >= 11 is 11.4. The minimum atomic E-state index is -0.640. The second-order valence-electron chi connectivity index (χ2n) is 8.33. The minimum Gasteiger partial charge on any atom is -0.444 e. The van der Waals surface area contributed by atoms with Crippen molar-refractivity contribution in [1.82, 2.24) is 15.5 Å². The molecule has 1 aromatic carbocycles. The normalized spacial score (nSPS) is 19.5. The first-order chi connectivity index (χ1) is 14.6. The van der Waals surface area contributed by atoms with Crippen molar-refractivity contribution in [1.29, 1.82) is 0 Å². The summed E-state index contributed by atoms with van der Waals surface area (Å²) in [6.45, 7) is 6.87. The predicted octanol–water partition coefficient (Wildman–Crippen LogP) is 4.33. The van der Waals surface area contributed by atoms with Gasteiger partial charge in [0.1, 0.15) is 11.4 Å². The van der Waals surface area contributed by atoms with Crippen LogP contribution < -0.4 is 10.6 Å². The number of hydrogen-bond acceptors (Lipinski definition) is 4.